The van der Waals surface area contributed by atoms with E-state index >= 15 is 0 Å². The van der Waals surface area contributed by atoms with Gasteiger partial charge in [-0.25, -0.2) is 0 Å². The molecule has 0 saturated heterocycles. The zero-order valence-electron chi connectivity index (χ0n) is 12.6. The molecule has 2 heteroatoms. The lowest BCUT2D eigenvalue weighted by Crippen LogP contribution is -2.07. The Morgan fingerprint density at radius 2 is 1.60 bits per heavy atom. The molecule has 0 aliphatic rings. The minimum Gasteiger partial charge on any atom is -0.260 e. The van der Waals surface area contributed by atoms with Gasteiger partial charge < -0.3 is 0 Å². The average Bonchev–Trinajstić information content (AvgIpc) is 2.85. The summed E-state index contributed by atoms with van der Waals surface area (Å²) in [6.07, 6.45) is 1.95. The van der Waals surface area contributed by atoms with E-state index in [0.29, 0.717) is 0 Å². The monoisotopic (exact) mass is 264 g/mol. The molecule has 1 heterocycles. The molecular formula is C18H20N2. The summed E-state index contributed by atoms with van der Waals surface area (Å²) in [5.41, 5.74) is 8.08. The van der Waals surface area contributed by atoms with Gasteiger partial charge in [0.15, 0.2) is 0 Å². The van der Waals surface area contributed by atoms with E-state index in [1.165, 1.54) is 38.7 Å². The van der Waals surface area contributed by atoms with Gasteiger partial charge >= 0.3 is 0 Å². The molecule has 0 radical (unpaired) electrons. The molecule has 0 amide bonds. The van der Waals surface area contributed by atoms with Crippen molar-refractivity contribution in [2.24, 2.45) is 0 Å². The molecule has 0 saturated carbocycles. The third-order valence-corrected chi connectivity index (χ3v) is 4.38. The highest BCUT2D eigenvalue weighted by atomic mass is 15.3. The van der Waals surface area contributed by atoms with Gasteiger partial charge in [-0.2, -0.15) is 5.10 Å². The van der Waals surface area contributed by atoms with Crippen molar-refractivity contribution in [1.29, 1.82) is 0 Å². The van der Waals surface area contributed by atoms with Gasteiger partial charge in [-0.05, 0) is 61.6 Å². The summed E-state index contributed by atoms with van der Waals surface area (Å²) in [6.45, 7) is 9.64. The van der Waals surface area contributed by atoms with E-state index < -0.39 is 0 Å². The lowest BCUT2D eigenvalue weighted by atomic mass is 9.94. The first-order valence-electron chi connectivity index (χ1n) is 7.04. The number of benzene rings is 2. The van der Waals surface area contributed by atoms with Gasteiger partial charge in [0.2, 0.25) is 0 Å². The fourth-order valence-corrected chi connectivity index (χ4v) is 2.84. The van der Waals surface area contributed by atoms with Crippen LogP contribution in [0, 0.1) is 27.7 Å². The summed E-state index contributed by atoms with van der Waals surface area (Å²) < 4.78 is 2.10. The van der Waals surface area contributed by atoms with Crippen LogP contribution in [0.4, 0.5) is 0 Å². The zero-order valence-corrected chi connectivity index (χ0v) is 12.6. The molecule has 102 valence electrons. The Morgan fingerprint density at radius 3 is 2.30 bits per heavy atom. The van der Waals surface area contributed by atoms with Crippen LogP contribution in [0.15, 0.2) is 36.5 Å². The largest absolute Gasteiger partial charge is 0.260 e. The second-order valence-electron chi connectivity index (χ2n) is 5.60. The molecule has 0 fully saturated rings. The maximum absolute atomic E-state index is 4.55. The zero-order chi connectivity index (χ0) is 14.3. The van der Waals surface area contributed by atoms with Crippen LogP contribution in [0.1, 0.15) is 27.8 Å². The lowest BCUT2D eigenvalue weighted by Gasteiger charge is -2.15. The molecule has 0 atom stereocenters. The Bertz CT molecular complexity index is 755. The molecule has 20 heavy (non-hydrogen) atoms. The Morgan fingerprint density at radius 1 is 0.950 bits per heavy atom. The lowest BCUT2D eigenvalue weighted by molar-refractivity contribution is 0.704. The summed E-state index contributed by atoms with van der Waals surface area (Å²) in [4.78, 5) is 0. The van der Waals surface area contributed by atoms with Gasteiger partial charge in [-0.3, -0.25) is 4.68 Å². The fraction of sp³-hybridized carbons (Fsp3) is 0.278. The minimum atomic E-state index is 0.841. The highest BCUT2D eigenvalue weighted by Crippen LogP contribution is 2.24. The maximum atomic E-state index is 4.55. The smallest absolute Gasteiger partial charge is 0.0686 e. The van der Waals surface area contributed by atoms with Crippen LogP contribution in [0.5, 0.6) is 0 Å². The first kappa shape index (κ1) is 12.9. The van der Waals surface area contributed by atoms with Crippen LogP contribution < -0.4 is 0 Å². The van der Waals surface area contributed by atoms with Crippen molar-refractivity contribution < 1.29 is 0 Å². The Kier molecular flexibility index (Phi) is 3.09. The molecule has 0 spiro atoms. The van der Waals surface area contributed by atoms with Gasteiger partial charge in [0.05, 0.1) is 18.3 Å². The summed E-state index contributed by atoms with van der Waals surface area (Å²) in [6, 6.07) is 10.6. The van der Waals surface area contributed by atoms with E-state index in [4.69, 9.17) is 0 Å². The summed E-state index contributed by atoms with van der Waals surface area (Å²) >= 11 is 0. The van der Waals surface area contributed by atoms with Crippen molar-refractivity contribution in [2.75, 3.05) is 0 Å². The molecule has 2 nitrogen and oxygen atoms in total. The van der Waals surface area contributed by atoms with E-state index in [-0.39, 0.29) is 0 Å². The molecule has 0 N–H and O–H groups in total. The first-order chi connectivity index (χ1) is 9.58. The molecule has 2 aromatic carbocycles. The summed E-state index contributed by atoms with van der Waals surface area (Å²) in [5.74, 6) is 0. The number of nitrogens with zero attached hydrogens (tertiary/aromatic N) is 2. The molecular weight excluding hydrogens is 244 g/mol. The third-order valence-electron chi connectivity index (χ3n) is 4.38. The molecule has 0 bridgehead atoms. The topological polar surface area (TPSA) is 17.8 Å². The van der Waals surface area contributed by atoms with Crippen molar-refractivity contribution in [2.45, 2.75) is 34.2 Å². The van der Waals surface area contributed by atoms with Gasteiger partial charge in [-0.15, -0.1) is 0 Å². The first-order valence-corrected chi connectivity index (χ1v) is 7.04. The molecule has 3 rings (SSSR count). The van der Waals surface area contributed by atoms with Crippen LogP contribution in [0.25, 0.3) is 10.9 Å². The number of hydrogen-bond donors (Lipinski definition) is 0. The van der Waals surface area contributed by atoms with Gasteiger partial charge in [0.25, 0.3) is 0 Å². The van der Waals surface area contributed by atoms with E-state index in [0.717, 1.165) is 6.54 Å². The van der Waals surface area contributed by atoms with Crippen molar-refractivity contribution in [3.05, 3.63) is 64.3 Å². The van der Waals surface area contributed by atoms with E-state index in [9.17, 15) is 0 Å². The highest BCUT2D eigenvalue weighted by Gasteiger charge is 2.10. The normalized spacial score (nSPS) is 11.2. The van der Waals surface area contributed by atoms with E-state index in [2.05, 4.69) is 67.8 Å². The number of rotatable bonds is 2. The number of fused-ring (bicyclic) bond motifs is 1. The van der Waals surface area contributed by atoms with Crippen LogP contribution >= 0.6 is 0 Å². The number of aromatic nitrogens is 2. The quantitative estimate of drug-likeness (QED) is 0.674. The van der Waals surface area contributed by atoms with Crippen molar-refractivity contribution >= 4 is 10.9 Å². The second kappa shape index (κ2) is 4.78. The highest BCUT2D eigenvalue weighted by molar-refractivity contribution is 5.78. The second-order valence-corrected chi connectivity index (χ2v) is 5.60. The molecule has 3 aromatic rings. The van der Waals surface area contributed by atoms with Crippen LogP contribution in [-0.4, -0.2) is 9.78 Å². The Labute approximate surface area is 120 Å². The van der Waals surface area contributed by atoms with Crippen LogP contribution in [-0.2, 0) is 6.54 Å². The average molecular weight is 264 g/mol. The van der Waals surface area contributed by atoms with E-state index in [1.807, 2.05) is 6.20 Å². The third kappa shape index (κ3) is 2.01. The van der Waals surface area contributed by atoms with Crippen LogP contribution in [0.2, 0.25) is 0 Å². The van der Waals surface area contributed by atoms with Crippen molar-refractivity contribution in [3.8, 4) is 0 Å². The Hall–Kier alpha value is -2.09. The predicted molar refractivity (Wildman–Crippen MR) is 84.2 cm³/mol. The van der Waals surface area contributed by atoms with Gasteiger partial charge in [0, 0.05) is 5.39 Å². The Balaban J connectivity index is 2.12. The molecule has 0 unspecified atom stereocenters. The molecule has 0 aliphatic heterocycles. The van der Waals surface area contributed by atoms with Crippen molar-refractivity contribution in [3.63, 3.8) is 0 Å². The van der Waals surface area contributed by atoms with Gasteiger partial charge in [0.1, 0.15) is 0 Å². The van der Waals surface area contributed by atoms with Crippen LogP contribution in [0.3, 0.4) is 0 Å². The fourth-order valence-electron chi connectivity index (χ4n) is 2.84. The standard InChI is InChI=1S/C18H20N2/c1-12-9-13(2)15(4)17(14(12)3)11-20-18-8-6-5-7-16(18)10-19-20/h5-10H,11H2,1-4H3. The summed E-state index contributed by atoms with van der Waals surface area (Å²) in [7, 11) is 0. The van der Waals surface area contributed by atoms with Gasteiger partial charge in [-0.1, -0.05) is 24.3 Å². The summed E-state index contributed by atoms with van der Waals surface area (Å²) in [5, 5.41) is 5.75. The number of para-hydroxylation sites is 1. The minimum absolute atomic E-state index is 0.841. The maximum Gasteiger partial charge on any atom is 0.0686 e. The number of hydrogen-bond acceptors (Lipinski definition) is 1. The predicted octanol–water partition coefficient (Wildman–Crippen LogP) is 4.32. The SMILES string of the molecule is Cc1cc(C)c(C)c(Cn2ncc3ccccc32)c1C. The molecule has 0 aliphatic carbocycles. The van der Waals surface area contributed by atoms with E-state index in [1.54, 1.807) is 0 Å². The molecule has 1 aromatic heterocycles. The number of aryl methyl sites for hydroxylation is 2. The van der Waals surface area contributed by atoms with Crippen molar-refractivity contribution in [1.82, 2.24) is 9.78 Å².